The minimum atomic E-state index is -4.90. The summed E-state index contributed by atoms with van der Waals surface area (Å²) >= 11 is 0. The van der Waals surface area contributed by atoms with Crippen LogP contribution in [0.1, 0.15) is 33.1 Å². The molecule has 1 aromatic rings. The monoisotopic (exact) mass is 448 g/mol. The lowest BCUT2D eigenvalue weighted by Gasteiger charge is -2.39. The van der Waals surface area contributed by atoms with E-state index >= 15 is 0 Å². The fourth-order valence-electron chi connectivity index (χ4n) is 4.43. The van der Waals surface area contributed by atoms with Gasteiger partial charge in [-0.3, -0.25) is 4.79 Å². The summed E-state index contributed by atoms with van der Waals surface area (Å²) in [6.45, 7) is 6.02. The van der Waals surface area contributed by atoms with Gasteiger partial charge in [0.1, 0.15) is 5.75 Å². The number of likely N-dealkylation sites (tertiary alicyclic amines) is 1. The molecule has 30 heavy (non-hydrogen) atoms. The third-order valence-corrected chi connectivity index (χ3v) is 7.56. The van der Waals surface area contributed by atoms with Crippen molar-refractivity contribution < 1.29 is 31.1 Å². The molecule has 2 fully saturated rings. The maximum absolute atomic E-state index is 12.9. The van der Waals surface area contributed by atoms with Gasteiger partial charge in [0.2, 0.25) is 15.9 Å². The summed E-state index contributed by atoms with van der Waals surface area (Å²) in [6, 6.07) is 4.38. The molecule has 0 spiro atoms. The minimum Gasteiger partial charge on any atom is -0.406 e. The van der Waals surface area contributed by atoms with Gasteiger partial charge in [0, 0.05) is 38.2 Å². The molecule has 0 aliphatic carbocycles. The van der Waals surface area contributed by atoms with Gasteiger partial charge < -0.3 is 9.64 Å². The smallest absolute Gasteiger partial charge is 0.406 e. The molecule has 10 heteroatoms. The van der Waals surface area contributed by atoms with Gasteiger partial charge in [0.25, 0.3) is 0 Å². The summed E-state index contributed by atoms with van der Waals surface area (Å²) < 4.78 is 68.1. The van der Waals surface area contributed by atoms with Crippen LogP contribution >= 0.6 is 0 Å². The molecule has 2 heterocycles. The molecule has 2 aliphatic heterocycles. The Morgan fingerprint density at radius 3 is 2.27 bits per heavy atom. The molecule has 0 N–H and O–H groups in total. The average Bonchev–Trinajstić information content (AvgIpc) is 2.65. The van der Waals surface area contributed by atoms with Crippen LogP contribution in [0.5, 0.6) is 5.75 Å². The third-order valence-electron chi connectivity index (χ3n) is 5.66. The van der Waals surface area contributed by atoms with Gasteiger partial charge in [-0.25, -0.2) is 8.42 Å². The quantitative estimate of drug-likeness (QED) is 0.707. The number of benzene rings is 1. The average molecular weight is 449 g/mol. The van der Waals surface area contributed by atoms with Gasteiger partial charge in [0.05, 0.1) is 4.90 Å². The highest BCUT2D eigenvalue weighted by Gasteiger charge is 2.36. The molecule has 0 saturated carbocycles. The van der Waals surface area contributed by atoms with Crippen molar-refractivity contribution in [1.29, 1.82) is 0 Å². The molecule has 168 valence electrons. The van der Waals surface area contributed by atoms with Gasteiger partial charge in [-0.05, 0) is 43.2 Å². The van der Waals surface area contributed by atoms with E-state index in [-0.39, 0.29) is 29.8 Å². The molecule has 3 rings (SSSR count). The van der Waals surface area contributed by atoms with Crippen LogP contribution in [0.15, 0.2) is 29.2 Å². The number of hydrogen-bond donors (Lipinski definition) is 0. The van der Waals surface area contributed by atoms with Gasteiger partial charge >= 0.3 is 6.36 Å². The van der Waals surface area contributed by atoms with Crippen LogP contribution in [0.2, 0.25) is 0 Å². The Labute approximate surface area is 175 Å². The molecule has 0 aromatic heterocycles. The van der Waals surface area contributed by atoms with E-state index in [0.29, 0.717) is 24.7 Å². The van der Waals surface area contributed by atoms with E-state index in [0.717, 1.165) is 31.6 Å². The Hall–Kier alpha value is -1.81. The topological polar surface area (TPSA) is 66.9 Å². The number of alkyl halides is 3. The highest BCUT2D eigenvalue weighted by atomic mass is 32.2. The van der Waals surface area contributed by atoms with Crippen LogP contribution in [0.25, 0.3) is 0 Å². The molecule has 1 amide bonds. The molecule has 0 unspecified atom stereocenters. The van der Waals surface area contributed by atoms with Gasteiger partial charge in [-0.2, -0.15) is 4.31 Å². The zero-order valence-electron chi connectivity index (χ0n) is 17.1. The van der Waals surface area contributed by atoms with Gasteiger partial charge in [0.15, 0.2) is 0 Å². The Balaban J connectivity index is 1.64. The number of nitrogens with zero attached hydrogens (tertiary/aromatic N) is 2. The fraction of sp³-hybridized carbons (Fsp3) is 0.650. The molecule has 2 saturated heterocycles. The zero-order chi connectivity index (χ0) is 22.1. The van der Waals surface area contributed by atoms with Gasteiger partial charge in [-0.15, -0.1) is 13.2 Å². The Morgan fingerprint density at radius 1 is 1.10 bits per heavy atom. The van der Waals surface area contributed by atoms with Crippen LogP contribution in [0.3, 0.4) is 0 Å². The molecule has 0 bridgehead atoms. The highest BCUT2D eigenvalue weighted by molar-refractivity contribution is 7.89. The molecule has 1 aromatic carbocycles. The Kier molecular flexibility index (Phi) is 6.66. The lowest BCUT2D eigenvalue weighted by atomic mass is 9.89. The van der Waals surface area contributed by atoms with E-state index in [2.05, 4.69) is 18.6 Å². The van der Waals surface area contributed by atoms with Crippen LogP contribution < -0.4 is 4.74 Å². The summed E-state index contributed by atoms with van der Waals surface area (Å²) in [4.78, 5) is 14.5. The first-order valence-electron chi connectivity index (χ1n) is 10.1. The first-order chi connectivity index (χ1) is 14.0. The summed E-state index contributed by atoms with van der Waals surface area (Å²) in [5.74, 6) is 0.163. The molecule has 0 radical (unpaired) electrons. The van der Waals surface area contributed by atoms with Crippen molar-refractivity contribution in [3.05, 3.63) is 24.3 Å². The lowest BCUT2D eigenvalue weighted by molar-refractivity contribution is -0.274. The Bertz CT molecular complexity index is 857. The number of carbonyl (C=O) groups excluding carboxylic acids is 1. The van der Waals surface area contributed by atoms with E-state index in [9.17, 15) is 26.4 Å². The molecule has 2 atom stereocenters. The second-order valence-corrected chi connectivity index (χ2v) is 10.3. The number of carbonyl (C=O) groups is 1. The SMILES string of the molecule is C[C@@H]1C[C@H](C)CN(C(=O)C2CCN(S(=O)(=O)c3cccc(OC(F)(F)F)c3)CC2)C1. The highest BCUT2D eigenvalue weighted by Crippen LogP contribution is 2.30. The van der Waals surface area contributed by atoms with E-state index in [1.54, 1.807) is 0 Å². The number of sulfonamides is 1. The summed E-state index contributed by atoms with van der Waals surface area (Å²) in [6.07, 6.45) is -3.01. The second-order valence-electron chi connectivity index (χ2n) is 8.39. The number of ether oxygens (including phenoxy) is 1. The predicted octanol–water partition coefficient (Wildman–Crippen LogP) is 3.49. The minimum absolute atomic E-state index is 0.0750. The van der Waals surface area contributed by atoms with E-state index < -0.39 is 22.1 Å². The fourth-order valence-corrected chi connectivity index (χ4v) is 5.93. The number of rotatable bonds is 4. The van der Waals surface area contributed by atoms with Crippen molar-refractivity contribution in [2.45, 2.75) is 44.4 Å². The molecular formula is C20H27F3N2O4S. The van der Waals surface area contributed by atoms with Gasteiger partial charge in [-0.1, -0.05) is 19.9 Å². The standard InChI is InChI=1S/C20H27F3N2O4S/c1-14-10-15(2)13-24(12-14)19(26)16-6-8-25(9-7-16)30(27,28)18-5-3-4-17(11-18)29-20(21,22)23/h3-5,11,14-16H,6-10,12-13H2,1-2H3/t14-,15+. The number of amides is 1. The van der Waals surface area contributed by atoms with Crippen molar-refractivity contribution in [3.8, 4) is 5.75 Å². The third kappa shape index (κ3) is 5.46. The summed E-state index contributed by atoms with van der Waals surface area (Å²) in [5, 5.41) is 0. The Morgan fingerprint density at radius 2 is 1.70 bits per heavy atom. The van der Waals surface area contributed by atoms with Crippen LogP contribution in [0.4, 0.5) is 13.2 Å². The normalized spacial score (nSPS) is 24.6. The number of hydrogen-bond acceptors (Lipinski definition) is 4. The maximum atomic E-state index is 12.9. The number of halogens is 3. The lowest BCUT2D eigenvalue weighted by Crippen LogP contribution is -2.48. The van der Waals surface area contributed by atoms with E-state index in [1.165, 1.54) is 16.4 Å². The first-order valence-corrected chi connectivity index (χ1v) is 11.5. The first kappa shape index (κ1) is 22.9. The second kappa shape index (κ2) is 8.74. The summed E-state index contributed by atoms with van der Waals surface area (Å²) in [5.41, 5.74) is 0. The van der Waals surface area contributed by atoms with Crippen molar-refractivity contribution in [3.63, 3.8) is 0 Å². The maximum Gasteiger partial charge on any atom is 0.573 e. The van der Waals surface area contributed by atoms with Crippen LogP contribution in [0, 0.1) is 17.8 Å². The van der Waals surface area contributed by atoms with Crippen LogP contribution in [-0.4, -0.2) is 56.1 Å². The van der Waals surface area contributed by atoms with Crippen molar-refractivity contribution in [2.75, 3.05) is 26.2 Å². The largest absolute Gasteiger partial charge is 0.573 e. The zero-order valence-corrected chi connectivity index (χ0v) is 17.9. The summed E-state index contributed by atoms with van der Waals surface area (Å²) in [7, 11) is -3.97. The van der Waals surface area contributed by atoms with Crippen LogP contribution in [-0.2, 0) is 14.8 Å². The molecule has 2 aliphatic rings. The predicted molar refractivity (Wildman–Crippen MR) is 104 cm³/mol. The van der Waals surface area contributed by atoms with E-state index in [4.69, 9.17) is 0 Å². The number of piperidine rings is 2. The molecular weight excluding hydrogens is 421 g/mol. The molecule has 6 nitrogen and oxygen atoms in total. The van der Waals surface area contributed by atoms with Crippen molar-refractivity contribution in [2.24, 2.45) is 17.8 Å². The van der Waals surface area contributed by atoms with Crippen molar-refractivity contribution >= 4 is 15.9 Å². The van der Waals surface area contributed by atoms with Crippen molar-refractivity contribution in [1.82, 2.24) is 9.21 Å². The van der Waals surface area contributed by atoms with E-state index in [1.807, 2.05) is 4.90 Å².